The summed E-state index contributed by atoms with van der Waals surface area (Å²) >= 11 is 3.46. The molecule has 1 aromatic heterocycles. The Hall–Kier alpha value is -1.60. The van der Waals surface area contributed by atoms with Crippen LogP contribution in [0.5, 0.6) is 11.5 Å². The predicted molar refractivity (Wildman–Crippen MR) is 81.6 cm³/mol. The molecule has 1 aromatic carbocycles. The molecule has 0 saturated heterocycles. The maximum absolute atomic E-state index is 10.6. The van der Waals surface area contributed by atoms with Gasteiger partial charge in [-0.1, -0.05) is 28.1 Å². The van der Waals surface area contributed by atoms with Crippen molar-refractivity contribution in [2.24, 2.45) is 0 Å². The first-order chi connectivity index (χ1) is 10.1. The Balaban J connectivity index is 2.43. The number of ether oxygens (including phenoxy) is 2. The number of methoxy groups -OCH3 is 2. The number of hydrogen-bond acceptors (Lipinski definition) is 5. The van der Waals surface area contributed by atoms with Gasteiger partial charge in [-0.3, -0.25) is 0 Å². The van der Waals surface area contributed by atoms with Crippen molar-refractivity contribution >= 4 is 15.9 Å². The van der Waals surface area contributed by atoms with Gasteiger partial charge in [0.2, 0.25) is 0 Å². The molecule has 2 rings (SSSR count). The molecule has 0 fully saturated rings. The third-order valence-corrected chi connectivity index (χ3v) is 3.85. The Kier molecular flexibility index (Phi) is 5.19. The summed E-state index contributed by atoms with van der Waals surface area (Å²) in [4.78, 5) is 0. The van der Waals surface area contributed by atoms with Crippen molar-refractivity contribution in [2.45, 2.75) is 26.0 Å². The average Bonchev–Trinajstić information content (AvgIpc) is 2.94. The monoisotopic (exact) mass is 355 g/mol. The quantitative estimate of drug-likeness (QED) is 0.862. The number of benzene rings is 1. The maximum atomic E-state index is 10.6. The number of nitrogens with zero attached hydrogens (tertiary/aromatic N) is 3. The highest BCUT2D eigenvalue weighted by Gasteiger charge is 2.21. The van der Waals surface area contributed by atoms with Gasteiger partial charge in [-0.15, -0.1) is 5.10 Å². The summed E-state index contributed by atoms with van der Waals surface area (Å²) in [6.07, 6.45) is 1.64. The van der Waals surface area contributed by atoms with Crippen LogP contribution in [0, 0.1) is 0 Å². The highest BCUT2D eigenvalue weighted by atomic mass is 79.9. The summed E-state index contributed by atoms with van der Waals surface area (Å²) in [5.74, 6) is 1.16. The largest absolute Gasteiger partial charge is 0.493 e. The second kappa shape index (κ2) is 6.91. The number of halogens is 1. The molecule has 0 spiro atoms. The molecule has 0 radical (unpaired) electrons. The van der Waals surface area contributed by atoms with E-state index in [0.29, 0.717) is 29.3 Å². The van der Waals surface area contributed by atoms with Crippen molar-refractivity contribution in [2.75, 3.05) is 14.2 Å². The van der Waals surface area contributed by atoms with Gasteiger partial charge >= 0.3 is 0 Å². The zero-order chi connectivity index (χ0) is 15.4. The van der Waals surface area contributed by atoms with E-state index in [1.165, 1.54) is 0 Å². The number of aliphatic hydroxyl groups is 1. The van der Waals surface area contributed by atoms with Crippen LogP contribution >= 0.6 is 15.9 Å². The zero-order valence-corrected chi connectivity index (χ0v) is 13.8. The van der Waals surface area contributed by atoms with Crippen LogP contribution in [0.1, 0.15) is 30.7 Å². The molecule has 1 N–H and O–H groups in total. The summed E-state index contributed by atoms with van der Waals surface area (Å²) in [5.41, 5.74) is 1.32. The molecule has 0 aliphatic heterocycles. The van der Waals surface area contributed by atoms with Crippen LogP contribution < -0.4 is 9.47 Å². The predicted octanol–water partition coefficient (Wildman–Crippen LogP) is 2.55. The van der Waals surface area contributed by atoms with Crippen LogP contribution in [-0.4, -0.2) is 34.3 Å². The molecule has 2 aromatic rings. The lowest BCUT2D eigenvalue weighted by molar-refractivity contribution is 0.206. The van der Waals surface area contributed by atoms with E-state index in [2.05, 4.69) is 26.2 Å². The smallest absolute Gasteiger partial charge is 0.161 e. The van der Waals surface area contributed by atoms with Gasteiger partial charge in [-0.25, -0.2) is 4.68 Å². The van der Waals surface area contributed by atoms with Crippen molar-refractivity contribution in [1.29, 1.82) is 0 Å². The highest BCUT2D eigenvalue weighted by Crippen LogP contribution is 2.37. The summed E-state index contributed by atoms with van der Waals surface area (Å²) < 4.78 is 13.0. The Labute approximate surface area is 131 Å². The fourth-order valence-electron chi connectivity index (χ4n) is 2.10. The Morgan fingerprint density at radius 2 is 1.95 bits per heavy atom. The fraction of sp³-hybridized carbons (Fsp3) is 0.429. The Morgan fingerprint density at radius 1 is 1.29 bits per heavy atom. The van der Waals surface area contributed by atoms with Gasteiger partial charge in [-0.05, 0) is 18.6 Å². The lowest BCUT2D eigenvalue weighted by Gasteiger charge is -2.17. The molecule has 6 nitrogen and oxygen atoms in total. The molecule has 114 valence electrons. The van der Waals surface area contributed by atoms with E-state index in [-0.39, 0.29) is 0 Å². The summed E-state index contributed by atoms with van der Waals surface area (Å²) in [5, 5.41) is 18.5. The molecule has 0 saturated carbocycles. The minimum absolute atomic E-state index is 0.560. The topological polar surface area (TPSA) is 69.4 Å². The minimum Gasteiger partial charge on any atom is -0.493 e. The number of hydrogen-bond donors (Lipinski definition) is 1. The van der Waals surface area contributed by atoms with E-state index in [1.807, 2.05) is 6.92 Å². The van der Waals surface area contributed by atoms with Crippen molar-refractivity contribution in [3.8, 4) is 11.5 Å². The van der Waals surface area contributed by atoms with E-state index >= 15 is 0 Å². The van der Waals surface area contributed by atoms with Crippen LogP contribution in [0.15, 0.2) is 22.8 Å². The molecule has 0 aliphatic rings. The summed E-state index contributed by atoms with van der Waals surface area (Å²) in [6, 6.07) is 3.52. The third-order valence-electron chi connectivity index (χ3n) is 3.16. The lowest BCUT2D eigenvalue weighted by atomic mass is 10.1. The first-order valence-corrected chi connectivity index (χ1v) is 7.39. The van der Waals surface area contributed by atoms with Gasteiger partial charge in [0.1, 0.15) is 6.10 Å². The molecule has 7 heteroatoms. The first kappa shape index (κ1) is 15.8. The molecule has 1 atom stereocenters. The van der Waals surface area contributed by atoms with Gasteiger partial charge in [0, 0.05) is 16.6 Å². The normalized spacial score (nSPS) is 12.2. The van der Waals surface area contributed by atoms with E-state index in [4.69, 9.17) is 9.47 Å². The van der Waals surface area contributed by atoms with Gasteiger partial charge in [-0.2, -0.15) is 0 Å². The van der Waals surface area contributed by atoms with Crippen LogP contribution in [0.25, 0.3) is 0 Å². The van der Waals surface area contributed by atoms with Crippen LogP contribution in [0.4, 0.5) is 0 Å². The highest BCUT2D eigenvalue weighted by molar-refractivity contribution is 9.10. The molecule has 21 heavy (non-hydrogen) atoms. The SMILES string of the molecule is CCCn1nncc1C(O)c1cc(OC)c(OC)cc1Br. The zero-order valence-electron chi connectivity index (χ0n) is 12.2. The maximum Gasteiger partial charge on any atom is 0.161 e. The van der Waals surface area contributed by atoms with E-state index < -0.39 is 6.10 Å². The van der Waals surface area contributed by atoms with Gasteiger partial charge in [0.15, 0.2) is 11.5 Å². The van der Waals surface area contributed by atoms with Crippen molar-refractivity contribution in [1.82, 2.24) is 15.0 Å². The van der Waals surface area contributed by atoms with Crippen LogP contribution in [0.2, 0.25) is 0 Å². The van der Waals surface area contributed by atoms with Crippen molar-refractivity contribution in [3.63, 3.8) is 0 Å². The number of aryl methyl sites for hydroxylation is 1. The second-order valence-electron chi connectivity index (χ2n) is 4.51. The van der Waals surface area contributed by atoms with Crippen molar-refractivity contribution < 1.29 is 14.6 Å². The standard InChI is InChI=1S/C14H18BrN3O3/c1-4-5-18-11(8-16-17-18)14(19)9-6-12(20-2)13(21-3)7-10(9)15/h6-8,14,19H,4-5H2,1-3H3. The fourth-order valence-corrected chi connectivity index (χ4v) is 2.64. The van der Waals surface area contributed by atoms with E-state index in [1.54, 1.807) is 37.2 Å². The molecular formula is C14H18BrN3O3. The molecule has 0 bridgehead atoms. The summed E-state index contributed by atoms with van der Waals surface area (Å²) in [6.45, 7) is 2.75. The number of aliphatic hydroxyl groups excluding tert-OH is 1. The van der Waals surface area contributed by atoms with Gasteiger partial charge in [0.25, 0.3) is 0 Å². The Morgan fingerprint density at radius 3 is 2.57 bits per heavy atom. The van der Waals surface area contributed by atoms with Gasteiger partial charge in [0.05, 0.1) is 26.1 Å². The van der Waals surface area contributed by atoms with Crippen molar-refractivity contribution in [3.05, 3.63) is 34.1 Å². The third kappa shape index (κ3) is 3.19. The number of aromatic nitrogens is 3. The average molecular weight is 356 g/mol. The lowest BCUT2D eigenvalue weighted by Crippen LogP contribution is -2.11. The molecular weight excluding hydrogens is 338 g/mol. The summed E-state index contributed by atoms with van der Waals surface area (Å²) in [7, 11) is 3.13. The Bertz CT molecular complexity index is 616. The van der Waals surface area contributed by atoms with Crippen LogP contribution in [-0.2, 0) is 6.54 Å². The van der Waals surface area contributed by atoms with Gasteiger partial charge < -0.3 is 14.6 Å². The molecule has 0 amide bonds. The van der Waals surface area contributed by atoms with E-state index in [9.17, 15) is 5.11 Å². The van der Waals surface area contributed by atoms with Crippen LogP contribution in [0.3, 0.4) is 0 Å². The molecule has 1 unspecified atom stereocenters. The van der Waals surface area contributed by atoms with E-state index in [0.717, 1.165) is 10.9 Å². The molecule has 0 aliphatic carbocycles. The molecule has 1 heterocycles. The number of rotatable bonds is 6. The second-order valence-corrected chi connectivity index (χ2v) is 5.37. The first-order valence-electron chi connectivity index (χ1n) is 6.60. The minimum atomic E-state index is -0.847.